The Bertz CT molecular complexity index is 432. The van der Waals surface area contributed by atoms with Crippen LogP contribution < -0.4 is 10.1 Å². The maximum Gasteiger partial charge on any atom is 0.231 e. The summed E-state index contributed by atoms with van der Waals surface area (Å²) in [7, 11) is 1.58. The number of carbonyl (C=O) groups excluding carboxylic acids is 2. The number of benzene rings is 1. The molecule has 1 aromatic carbocycles. The Morgan fingerprint density at radius 1 is 1.41 bits per heavy atom. The van der Waals surface area contributed by atoms with Crippen molar-refractivity contribution >= 4 is 29.0 Å². The van der Waals surface area contributed by atoms with Gasteiger partial charge in [0, 0.05) is 5.69 Å². The van der Waals surface area contributed by atoms with Gasteiger partial charge in [-0.3, -0.25) is 9.59 Å². The van der Waals surface area contributed by atoms with E-state index in [0.717, 1.165) is 11.3 Å². The third-order valence-corrected chi connectivity index (χ3v) is 2.51. The third-order valence-electron chi connectivity index (χ3n) is 2.21. The molecule has 0 aromatic heterocycles. The number of hydrogen-bond acceptors (Lipinski definition) is 3. The van der Waals surface area contributed by atoms with E-state index < -0.39 is 0 Å². The molecule has 0 saturated heterocycles. The van der Waals surface area contributed by atoms with E-state index in [4.69, 9.17) is 16.3 Å². The molecule has 1 rings (SSSR count). The van der Waals surface area contributed by atoms with E-state index in [1.165, 1.54) is 0 Å². The zero-order valence-electron chi connectivity index (χ0n) is 9.75. The zero-order valence-corrected chi connectivity index (χ0v) is 10.5. The maximum absolute atomic E-state index is 11.5. The molecule has 0 spiro atoms. The number of nitrogens with one attached hydrogen (secondary N) is 1. The Morgan fingerprint density at radius 2 is 2.12 bits per heavy atom. The molecule has 1 aromatic rings. The van der Waals surface area contributed by atoms with Crippen LogP contribution in [0.25, 0.3) is 0 Å². The Kier molecular flexibility index (Phi) is 4.97. The highest BCUT2D eigenvalue weighted by Crippen LogP contribution is 2.21. The van der Waals surface area contributed by atoms with Crippen LogP contribution in [0.5, 0.6) is 5.75 Å². The number of methoxy groups -OCH3 is 1. The van der Waals surface area contributed by atoms with Crippen LogP contribution in [0.2, 0.25) is 0 Å². The van der Waals surface area contributed by atoms with Gasteiger partial charge in [-0.25, -0.2) is 0 Å². The van der Waals surface area contributed by atoms with Crippen LogP contribution in [0.3, 0.4) is 0 Å². The number of alkyl halides is 1. The summed E-state index contributed by atoms with van der Waals surface area (Å²) in [6.45, 7) is 1.85. The Morgan fingerprint density at radius 3 is 2.65 bits per heavy atom. The van der Waals surface area contributed by atoms with Crippen molar-refractivity contribution < 1.29 is 14.3 Å². The molecule has 0 fully saturated rings. The molecule has 0 radical (unpaired) electrons. The molecular formula is C12H14ClNO3. The fourth-order valence-corrected chi connectivity index (χ4v) is 1.42. The van der Waals surface area contributed by atoms with Crippen LogP contribution in [0.1, 0.15) is 12.0 Å². The van der Waals surface area contributed by atoms with E-state index in [0.29, 0.717) is 5.69 Å². The van der Waals surface area contributed by atoms with Crippen molar-refractivity contribution in [2.75, 3.05) is 18.3 Å². The molecular weight excluding hydrogens is 242 g/mol. The van der Waals surface area contributed by atoms with Gasteiger partial charge in [-0.2, -0.15) is 0 Å². The topological polar surface area (TPSA) is 55.4 Å². The molecule has 1 N–H and O–H groups in total. The van der Waals surface area contributed by atoms with Gasteiger partial charge in [-0.15, -0.1) is 11.6 Å². The molecule has 5 heteroatoms. The lowest BCUT2D eigenvalue weighted by Gasteiger charge is -2.09. The first-order valence-electron chi connectivity index (χ1n) is 5.09. The molecule has 0 saturated carbocycles. The van der Waals surface area contributed by atoms with Gasteiger partial charge in [-0.05, 0) is 30.7 Å². The predicted molar refractivity (Wildman–Crippen MR) is 66.7 cm³/mol. The van der Waals surface area contributed by atoms with Gasteiger partial charge < -0.3 is 10.1 Å². The molecule has 0 atom stereocenters. The van der Waals surface area contributed by atoms with Crippen molar-refractivity contribution in [1.29, 1.82) is 0 Å². The Labute approximate surface area is 105 Å². The summed E-state index contributed by atoms with van der Waals surface area (Å²) in [5.41, 5.74) is 1.54. The molecule has 17 heavy (non-hydrogen) atoms. The lowest BCUT2D eigenvalue weighted by atomic mass is 10.2. The van der Waals surface area contributed by atoms with Crippen LogP contribution in [0, 0.1) is 6.92 Å². The smallest absolute Gasteiger partial charge is 0.231 e. The van der Waals surface area contributed by atoms with E-state index in [-0.39, 0.29) is 24.0 Å². The van der Waals surface area contributed by atoms with Crippen molar-refractivity contribution in [2.45, 2.75) is 13.3 Å². The average Bonchev–Trinajstić information content (AvgIpc) is 2.31. The molecule has 0 bridgehead atoms. The van der Waals surface area contributed by atoms with Crippen LogP contribution >= 0.6 is 11.6 Å². The monoisotopic (exact) mass is 255 g/mol. The quantitative estimate of drug-likeness (QED) is 0.648. The van der Waals surface area contributed by atoms with E-state index in [9.17, 15) is 9.59 Å². The van der Waals surface area contributed by atoms with Crippen molar-refractivity contribution in [3.05, 3.63) is 23.8 Å². The molecule has 0 aliphatic carbocycles. The number of carbonyl (C=O) groups is 2. The first kappa shape index (κ1) is 13.5. The normalized spacial score (nSPS) is 9.82. The molecule has 0 unspecified atom stereocenters. The average molecular weight is 256 g/mol. The summed E-state index contributed by atoms with van der Waals surface area (Å²) in [6.07, 6.45) is -0.199. The van der Waals surface area contributed by atoms with Crippen LogP contribution in [0.4, 0.5) is 5.69 Å². The first-order valence-corrected chi connectivity index (χ1v) is 5.62. The number of halogens is 1. The first-order chi connectivity index (χ1) is 8.06. The summed E-state index contributed by atoms with van der Waals surface area (Å²) < 4.78 is 5.05. The Hall–Kier alpha value is -1.55. The third kappa shape index (κ3) is 4.07. The summed E-state index contributed by atoms with van der Waals surface area (Å²) in [5, 5.41) is 2.65. The maximum atomic E-state index is 11.5. The second-order valence-corrected chi connectivity index (χ2v) is 3.85. The minimum atomic E-state index is -0.357. The van der Waals surface area contributed by atoms with Crippen molar-refractivity contribution in [3.63, 3.8) is 0 Å². The number of hydrogen-bond donors (Lipinski definition) is 1. The number of aryl methyl sites for hydroxylation is 1. The second kappa shape index (κ2) is 6.25. The molecule has 4 nitrogen and oxygen atoms in total. The number of ketones is 1. The molecule has 1 amide bonds. The van der Waals surface area contributed by atoms with Gasteiger partial charge in [0.1, 0.15) is 5.75 Å². The highest BCUT2D eigenvalue weighted by atomic mass is 35.5. The summed E-state index contributed by atoms with van der Waals surface area (Å²) >= 11 is 5.32. The van der Waals surface area contributed by atoms with Crippen molar-refractivity contribution in [2.24, 2.45) is 0 Å². The summed E-state index contributed by atoms with van der Waals surface area (Å²) in [4.78, 5) is 22.5. The number of Topliss-reactive ketones (excluding diaryl/α,β-unsaturated/α-hetero) is 1. The standard InChI is InChI=1S/C12H14ClNO3/c1-8-5-10(17-2)3-4-11(8)14-12(16)6-9(15)7-13/h3-5H,6-7H2,1-2H3,(H,14,16). The molecule has 0 heterocycles. The lowest BCUT2D eigenvalue weighted by Crippen LogP contribution is -2.17. The second-order valence-electron chi connectivity index (χ2n) is 3.58. The number of anilines is 1. The van der Waals surface area contributed by atoms with Gasteiger partial charge in [0.05, 0.1) is 19.4 Å². The number of rotatable bonds is 5. The number of amides is 1. The minimum Gasteiger partial charge on any atom is -0.497 e. The van der Waals surface area contributed by atoms with Gasteiger partial charge in [0.2, 0.25) is 5.91 Å². The van der Waals surface area contributed by atoms with Gasteiger partial charge >= 0.3 is 0 Å². The van der Waals surface area contributed by atoms with Gasteiger partial charge in [0.15, 0.2) is 5.78 Å². The van der Waals surface area contributed by atoms with Crippen LogP contribution in [0.15, 0.2) is 18.2 Å². The van der Waals surface area contributed by atoms with Crippen molar-refractivity contribution in [3.8, 4) is 5.75 Å². The highest BCUT2D eigenvalue weighted by molar-refractivity contribution is 6.29. The number of ether oxygens (including phenoxy) is 1. The Balaban J connectivity index is 2.68. The fourth-order valence-electron chi connectivity index (χ4n) is 1.32. The molecule has 0 aliphatic rings. The largest absolute Gasteiger partial charge is 0.497 e. The predicted octanol–water partition coefficient (Wildman–Crippen LogP) is 2.14. The van der Waals surface area contributed by atoms with Gasteiger partial charge in [-0.1, -0.05) is 0 Å². The molecule has 0 aliphatic heterocycles. The summed E-state index contributed by atoms with van der Waals surface area (Å²) in [5.74, 6) is -0.0776. The zero-order chi connectivity index (χ0) is 12.8. The van der Waals surface area contributed by atoms with Crippen LogP contribution in [-0.2, 0) is 9.59 Å². The van der Waals surface area contributed by atoms with E-state index >= 15 is 0 Å². The molecule has 92 valence electrons. The fraction of sp³-hybridized carbons (Fsp3) is 0.333. The van der Waals surface area contributed by atoms with E-state index in [1.807, 2.05) is 6.92 Å². The van der Waals surface area contributed by atoms with Gasteiger partial charge in [0.25, 0.3) is 0 Å². The highest BCUT2D eigenvalue weighted by Gasteiger charge is 2.09. The van der Waals surface area contributed by atoms with Crippen molar-refractivity contribution in [1.82, 2.24) is 0 Å². The summed E-state index contributed by atoms with van der Waals surface area (Å²) in [6, 6.07) is 5.28. The van der Waals surface area contributed by atoms with E-state index in [1.54, 1.807) is 25.3 Å². The lowest BCUT2D eigenvalue weighted by molar-refractivity contribution is -0.124. The minimum absolute atomic E-state index is 0.144. The van der Waals surface area contributed by atoms with E-state index in [2.05, 4.69) is 5.32 Å². The van der Waals surface area contributed by atoms with Crippen LogP contribution in [-0.4, -0.2) is 24.7 Å². The SMILES string of the molecule is COc1ccc(NC(=O)CC(=O)CCl)c(C)c1.